The van der Waals surface area contributed by atoms with Crippen molar-refractivity contribution >= 4 is 39.3 Å². The molecule has 4 aromatic rings. The standard InChI is InChI=1S/C33H38N4O4S/c1-6-39-26-10-8-7-9-24(26)28-20(2)42-27-19-34-31(36-29(27)28)35-25-12-11-22(23-15-18-40-30(23)25)21-13-16-37(17-14-21)32(38)41-33(3,4)5/h7-12,19,21H,6,13-18H2,1-5H3,(H,34,35,36). The minimum absolute atomic E-state index is 0.226. The van der Waals surface area contributed by atoms with Crippen LogP contribution in [-0.4, -0.2) is 52.9 Å². The Balaban J connectivity index is 1.24. The van der Waals surface area contributed by atoms with Gasteiger partial charge in [-0.25, -0.2) is 14.8 Å². The summed E-state index contributed by atoms with van der Waals surface area (Å²) in [5.74, 6) is 2.65. The summed E-state index contributed by atoms with van der Waals surface area (Å²) < 4.78 is 18.7. The number of para-hydroxylation sites is 1. The highest BCUT2D eigenvalue weighted by atomic mass is 32.1. The van der Waals surface area contributed by atoms with Crippen molar-refractivity contribution in [1.82, 2.24) is 14.9 Å². The summed E-state index contributed by atoms with van der Waals surface area (Å²) in [7, 11) is 0. The summed E-state index contributed by atoms with van der Waals surface area (Å²) >= 11 is 1.69. The summed E-state index contributed by atoms with van der Waals surface area (Å²) in [6, 6.07) is 12.4. The number of carbonyl (C=O) groups is 1. The number of hydrogen-bond donors (Lipinski definition) is 1. The Hall–Kier alpha value is -3.85. The van der Waals surface area contributed by atoms with Crippen LogP contribution in [0.2, 0.25) is 0 Å². The van der Waals surface area contributed by atoms with Gasteiger partial charge in [0.15, 0.2) is 0 Å². The number of piperidine rings is 1. The molecule has 0 bridgehead atoms. The first-order chi connectivity index (χ1) is 20.2. The molecule has 0 spiro atoms. The number of likely N-dealkylation sites (tertiary alicyclic amines) is 1. The molecule has 1 fully saturated rings. The first-order valence-corrected chi connectivity index (χ1v) is 15.6. The number of nitrogens with one attached hydrogen (secondary N) is 1. The maximum Gasteiger partial charge on any atom is 0.410 e. The van der Waals surface area contributed by atoms with Gasteiger partial charge in [0.25, 0.3) is 0 Å². The summed E-state index contributed by atoms with van der Waals surface area (Å²) in [6.45, 7) is 12.5. The maximum absolute atomic E-state index is 12.6. The molecule has 2 aromatic carbocycles. The molecule has 220 valence electrons. The Kier molecular flexibility index (Phi) is 7.70. The van der Waals surface area contributed by atoms with Gasteiger partial charge >= 0.3 is 6.09 Å². The molecule has 0 aliphatic carbocycles. The molecule has 1 N–H and O–H groups in total. The van der Waals surface area contributed by atoms with Crippen LogP contribution >= 0.6 is 11.3 Å². The van der Waals surface area contributed by atoms with Crippen molar-refractivity contribution in [2.75, 3.05) is 31.6 Å². The molecule has 0 atom stereocenters. The number of amides is 1. The highest BCUT2D eigenvalue weighted by Gasteiger charge is 2.31. The second-order valence-electron chi connectivity index (χ2n) is 11.8. The minimum atomic E-state index is -0.485. The zero-order valence-corrected chi connectivity index (χ0v) is 25.8. The molecule has 0 radical (unpaired) electrons. The fourth-order valence-corrected chi connectivity index (χ4v) is 6.95. The quantitative estimate of drug-likeness (QED) is 0.246. The van der Waals surface area contributed by atoms with Gasteiger partial charge in [-0.2, -0.15) is 0 Å². The number of fused-ring (bicyclic) bond motifs is 2. The van der Waals surface area contributed by atoms with E-state index in [0.29, 0.717) is 38.2 Å². The molecule has 2 aromatic heterocycles. The van der Waals surface area contributed by atoms with Gasteiger partial charge in [0.2, 0.25) is 5.95 Å². The van der Waals surface area contributed by atoms with E-state index in [-0.39, 0.29) is 6.09 Å². The summed E-state index contributed by atoms with van der Waals surface area (Å²) in [4.78, 5) is 25.2. The van der Waals surface area contributed by atoms with Crippen LogP contribution in [0.5, 0.6) is 11.5 Å². The average Bonchev–Trinajstić information content (AvgIpc) is 3.57. The molecule has 4 heterocycles. The molecule has 0 saturated carbocycles. The monoisotopic (exact) mass is 586 g/mol. The number of ether oxygens (including phenoxy) is 3. The molecular formula is C33H38N4O4S. The van der Waals surface area contributed by atoms with E-state index in [0.717, 1.165) is 57.8 Å². The van der Waals surface area contributed by atoms with Gasteiger partial charge in [-0.15, -0.1) is 11.3 Å². The molecular weight excluding hydrogens is 548 g/mol. The zero-order valence-electron chi connectivity index (χ0n) is 25.0. The number of hydrogen-bond acceptors (Lipinski definition) is 8. The Morgan fingerprint density at radius 3 is 2.71 bits per heavy atom. The van der Waals surface area contributed by atoms with Gasteiger partial charge in [0, 0.05) is 41.1 Å². The minimum Gasteiger partial charge on any atom is -0.493 e. The SMILES string of the molecule is CCOc1ccccc1-c1c(C)sc2cnc(Nc3ccc(C4CCN(C(=O)OC(C)(C)C)CC4)c4c3OCC4)nc12. The van der Waals surface area contributed by atoms with E-state index in [2.05, 4.69) is 35.4 Å². The van der Waals surface area contributed by atoms with Crippen molar-refractivity contribution in [2.45, 2.75) is 65.4 Å². The van der Waals surface area contributed by atoms with Crippen molar-refractivity contribution < 1.29 is 19.0 Å². The van der Waals surface area contributed by atoms with Gasteiger partial charge in [-0.3, -0.25) is 0 Å². The number of aryl methyl sites for hydroxylation is 1. The van der Waals surface area contributed by atoms with Crippen LogP contribution in [0.25, 0.3) is 21.3 Å². The van der Waals surface area contributed by atoms with Crippen LogP contribution in [0.3, 0.4) is 0 Å². The van der Waals surface area contributed by atoms with Crippen LogP contribution in [0.15, 0.2) is 42.6 Å². The first-order valence-electron chi connectivity index (χ1n) is 14.7. The molecule has 42 heavy (non-hydrogen) atoms. The second-order valence-corrected chi connectivity index (χ2v) is 13.1. The Bertz CT molecular complexity index is 1620. The molecule has 6 rings (SSSR count). The van der Waals surface area contributed by atoms with Crippen LogP contribution < -0.4 is 14.8 Å². The predicted octanol–water partition coefficient (Wildman–Crippen LogP) is 7.86. The van der Waals surface area contributed by atoms with E-state index >= 15 is 0 Å². The number of carbonyl (C=O) groups excluding carboxylic acids is 1. The third-order valence-corrected chi connectivity index (χ3v) is 8.82. The molecule has 0 unspecified atom stereocenters. The molecule has 2 aliphatic rings. The molecule has 1 saturated heterocycles. The van der Waals surface area contributed by atoms with Crippen molar-refractivity contribution in [3.8, 4) is 22.6 Å². The largest absolute Gasteiger partial charge is 0.493 e. The van der Waals surface area contributed by atoms with Crippen molar-refractivity contribution in [1.29, 1.82) is 0 Å². The van der Waals surface area contributed by atoms with Gasteiger partial charge < -0.3 is 24.4 Å². The van der Waals surface area contributed by atoms with E-state index in [4.69, 9.17) is 19.2 Å². The van der Waals surface area contributed by atoms with E-state index in [1.807, 2.05) is 57.0 Å². The van der Waals surface area contributed by atoms with E-state index in [1.54, 1.807) is 11.3 Å². The fraction of sp³-hybridized carbons (Fsp3) is 0.424. The maximum atomic E-state index is 12.6. The lowest BCUT2D eigenvalue weighted by Crippen LogP contribution is -2.41. The molecule has 1 amide bonds. The first kappa shape index (κ1) is 28.3. The third kappa shape index (κ3) is 5.62. The summed E-state index contributed by atoms with van der Waals surface area (Å²) in [5, 5.41) is 3.45. The lowest BCUT2D eigenvalue weighted by molar-refractivity contribution is 0.0204. The van der Waals surface area contributed by atoms with Crippen molar-refractivity contribution in [3.05, 3.63) is 58.6 Å². The van der Waals surface area contributed by atoms with Crippen molar-refractivity contribution in [2.24, 2.45) is 0 Å². The summed E-state index contributed by atoms with van der Waals surface area (Å²) in [5.41, 5.74) is 5.98. The van der Waals surface area contributed by atoms with Gasteiger partial charge in [-0.1, -0.05) is 24.3 Å². The highest BCUT2D eigenvalue weighted by Crippen LogP contribution is 2.44. The van der Waals surface area contributed by atoms with Gasteiger partial charge in [0.1, 0.15) is 17.1 Å². The highest BCUT2D eigenvalue weighted by molar-refractivity contribution is 7.19. The number of aromatic nitrogens is 2. The number of thiophene rings is 1. The Labute approximate surface area is 251 Å². The molecule has 2 aliphatic heterocycles. The van der Waals surface area contributed by atoms with E-state index < -0.39 is 5.60 Å². The molecule has 8 nitrogen and oxygen atoms in total. The Morgan fingerprint density at radius 1 is 1.17 bits per heavy atom. The number of rotatable bonds is 6. The van der Waals surface area contributed by atoms with Crippen LogP contribution in [0.1, 0.15) is 62.5 Å². The Morgan fingerprint density at radius 2 is 1.95 bits per heavy atom. The predicted molar refractivity (Wildman–Crippen MR) is 167 cm³/mol. The third-order valence-electron chi connectivity index (χ3n) is 7.79. The van der Waals surface area contributed by atoms with Crippen molar-refractivity contribution in [3.63, 3.8) is 0 Å². The normalized spacial score (nSPS) is 15.4. The zero-order chi connectivity index (χ0) is 29.4. The van der Waals surface area contributed by atoms with E-state index in [9.17, 15) is 4.79 Å². The lowest BCUT2D eigenvalue weighted by atomic mass is 9.85. The smallest absolute Gasteiger partial charge is 0.410 e. The average molecular weight is 587 g/mol. The topological polar surface area (TPSA) is 85.8 Å². The van der Waals surface area contributed by atoms with Crippen LogP contribution in [-0.2, 0) is 11.2 Å². The molecule has 9 heteroatoms. The number of benzene rings is 2. The van der Waals surface area contributed by atoms with E-state index in [1.165, 1.54) is 16.0 Å². The second kappa shape index (κ2) is 11.4. The van der Waals surface area contributed by atoms with Crippen LogP contribution in [0, 0.1) is 6.92 Å². The van der Waals surface area contributed by atoms with Gasteiger partial charge in [0.05, 0.1) is 35.3 Å². The summed E-state index contributed by atoms with van der Waals surface area (Å²) in [6.07, 6.45) is 4.34. The van der Waals surface area contributed by atoms with Gasteiger partial charge in [-0.05, 0) is 71.1 Å². The van der Waals surface area contributed by atoms with Crippen LogP contribution in [0.4, 0.5) is 16.4 Å². The lowest BCUT2D eigenvalue weighted by Gasteiger charge is -2.34. The number of anilines is 2. The number of nitrogens with zero attached hydrogens (tertiary/aromatic N) is 3. The fourth-order valence-electron chi connectivity index (χ4n) is 5.96.